The Bertz CT molecular complexity index is 919. The van der Waals surface area contributed by atoms with Crippen LogP contribution < -0.4 is 0 Å². The summed E-state index contributed by atoms with van der Waals surface area (Å²) in [6.45, 7) is 7.42. The summed E-state index contributed by atoms with van der Waals surface area (Å²) in [5, 5.41) is 11.6. The van der Waals surface area contributed by atoms with E-state index in [0.29, 0.717) is 32.5 Å². The van der Waals surface area contributed by atoms with Crippen LogP contribution in [0.4, 0.5) is 4.79 Å². The van der Waals surface area contributed by atoms with Crippen LogP contribution in [0, 0.1) is 5.41 Å². The van der Waals surface area contributed by atoms with E-state index < -0.39 is 29.2 Å². The van der Waals surface area contributed by atoms with Crippen LogP contribution in [0.25, 0.3) is 0 Å². The number of esters is 1. The number of methoxy groups -OCH3 is 1. The van der Waals surface area contributed by atoms with Gasteiger partial charge in [0.05, 0.1) is 13.2 Å². The van der Waals surface area contributed by atoms with E-state index in [4.69, 9.17) is 9.47 Å². The van der Waals surface area contributed by atoms with Crippen molar-refractivity contribution in [3.05, 3.63) is 71.8 Å². The van der Waals surface area contributed by atoms with Crippen LogP contribution in [0.1, 0.15) is 44.7 Å². The van der Waals surface area contributed by atoms with Crippen LogP contribution in [-0.4, -0.2) is 65.4 Å². The fraction of sp³-hybridized carbons (Fsp3) is 0.500. The number of aliphatic hydroxyl groups is 1. The molecule has 7 heteroatoms. The number of amides is 1. The minimum atomic E-state index is -1.23. The molecule has 1 amide bonds. The highest BCUT2D eigenvalue weighted by atomic mass is 16.6. The average Bonchev–Trinajstić information content (AvgIpc) is 2.83. The zero-order valence-corrected chi connectivity index (χ0v) is 21.3. The van der Waals surface area contributed by atoms with Crippen molar-refractivity contribution in [2.45, 2.75) is 58.4 Å². The fourth-order valence-corrected chi connectivity index (χ4v) is 4.63. The Balaban J connectivity index is 1.83. The Hall–Kier alpha value is -2.90. The monoisotopic (exact) mass is 482 g/mol. The maximum atomic E-state index is 13.1. The highest BCUT2D eigenvalue weighted by Gasteiger charge is 2.51. The maximum absolute atomic E-state index is 13.1. The molecule has 1 aliphatic rings. The first kappa shape index (κ1) is 26.7. The van der Waals surface area contributed by atoms with Crippen LogP contribution in [0.2, 0.25) is 0 Å². The largest absolute Gasteiger partial charge is 0.468 e. The number of carbonyl (C=O) groups is 2. The Morgan fingerprint density at radius 3 is 2.06 bits per heavy atom. The van der Waals surface area contributed by atoms with Gasteiger partial charge >= 0.3 is 12.1 Å². The molecule has 0 aliphatic carbocycles. The summed E-state index contributed by atoms with van der Waals surface area (Å²) in [6, 6.07) is 20.1. The molecule has 1 saturated heterocycles. The number of benzene rings is 2. The quantitative estimate of drug-likeness (QED) is 0.567. The number of piperidine rings is 1. The first-order valence-corrected chi connectivity index (χ1v) is 12.2. The summed E-state index contributed by atoms with van der Waals surface area (Å²) >= 11 is 0. The van der Waals surface area contributed by atoms with E-state index in [1.165, 1.54) is 12.0 Å². The van der Waals surface area contributed by atoms with Crippen LogP contribution in [0.15, 0.2) is 60.7 Å². The van der Waals surface area contributed by atoms with Gasteiger partial charge in [-0.2, -0.15) is 0 Å². The van der Waals surface area contributed by atoms with Crippen LogP contribution in [0.5, 0.6) is 0 Å². The molecule has 0 aromatic heterocycles. The van der Waals surface area contributed by atoms with E-state index in [9.17, 15) is 14.7 Å². The van der Waals surface area contributed by atoms with Gasteiger partial charge in [0.15, 0.2) is 0 Å². The fourth-order valence-electron chi connectivity index (χ4n) is 4.63. The first-order chi connectivity index (χ1) is 16.6. The molecule has 2 unspecified atom stereocenters. The van der Waals surface area contributed by atoms with Gasteiger partial charge in [-0.25, -0.2) is 4.79 Å². The molecule has 2 aromatic rings. The third-order valence-corrected chi connectivity index (χ3v) is 6.33. The number of hydrogen-bond donors (Lipinski definition) is 1. The maximum Gasteiger partial charge on any atom is 0.410 e. The van der Waals surface area contributed by atoms with Crippen molar-refractivity contribution in [3.63, 3.8) is 0 Å². The van der Waals surface area contributed by atoms with Crippen molar-refractivity contribution in [1.29, 1.82) is 0 Å². The van der Waals surface area contributed by atoms with Gasteiger partial charge in [0.25, 0.3) is 0 Å². The third-order valence-electron chi connectivity index (χ3n) is 6.33. The molecule has 190 valence electrons. The van der Waals surface area contributed by atoms with Gasteiger partial charge in [0.1, 0.15) is 11.0 Å². The van der Waals surface area contributed by atoms with E-state index in [1.54, 1.807) is 0 Å². The summed E-state index contributed by atoms with van der Waals surface area (Å²) in [5.41, 5.74) is 0.349. The molecule has 0 bridgehead atoms. The number of ether oxygens (including phenoxy) is 2. The minimum absolute atomic E-state index is 0.0558. The van der Waals surface area contributed by atoms with Gasteiger partial charge in [0, 0.05) is 32.7 Å². The summed E-state index contributed by atoms with van der Waals surface area (Å²) in [7, 11) is 1.33. The third kappa shape index (κ3) is 7.29. The van der Waals surface area contributed by atoms with E-state index in [1.807, 2.05) is 81.4 Å². The lowest BCUT2D eigenvalue weighted by Gasteiger charge is -2.44. The summed E-state index contributed by atoms with van der Waals surface area (Å²) in [4.78, 5) is 29.6. The highest BCUT2D eigenvalue weighted by molar-refractivity contribution is 5.79. The first-order valence-electron chi connectivity index (χ1n) is 12.2. The van der Waals surface area contributed by atoms with Crippen LogP contribution in [0.3, 0.4) is 0 Å². The molecule has 0 radical (unpaired) electrons. The SMILES string of the molecule is COC(=O)C1(C(O)CN(Cc2ccccc2)Cc2ccccc2)CCCN(C(=O)OC(C)(C)C)C1. The number of likely N-dealkylation sites (tertiary alicyclic amines) is 1. The molecule has 1 N–H and O–H groups in total. The van der Waals surface area contributed by atoms with Gasteiger partial charge in [-0.15, -0.1) is 0 Å². The lowest BCUT2D eigenvalue weighted by molar-refractivity contribution is -0.167. The minimum Gasteiger partial charge on any atom is -0.468 e. The molecule has 2 atom stereocenters. The molecule has 1 aliphatic heterocycles. The molecular formula is C28H38N2O5. The van der Waals surface area contributed by atoms with Crippen molar-refractivity contribution in [2.75, 3.05) is 26.7 Å². The topological polar surface area (TPSA) is 79.3 Å². The Kier molecular flexibility index (Phi) is 8.92. The highest BCUT2D eigenvalue weighted by Crippen LogP contribution is 2.36. The Labute approximate surface area is 208 Å². The molecule has 1 heterocycles. The van der Waals surface area contributed by atoms with Gasteiger partial charge in [0.2, 0.25) is 0 Å². The zero-order valence-electron chi connectivity index (χ0n) is 21.3. The molecule has 0 spiro atoms. The van der Waals surface area contributed by atoms with Gasteiger partial charge in [-0.3, -0.25) is 9.69 Å². The summed E-state index contributed by atoms with van der Waals surface area (Å²) < 4.78 is 10.7. The van der Waals surface area contributed by atoms with E-state index in [2.05, 4.69) is 4.90 Å². The number of aliphatic hydroxyl groups excluding tert-OH is 1. The number of nitrogens with zero attached hydrogens (tertiary/aromatic N) is 2. The molecular weight excluding hydrogens is 444 g/mol. The zero-order chi connectivity index (χ0) is 25.5. The van der Waals surface area contributed by atoms with Crippen molar-refractivity contribution < 1.29 is 24.2 Å². The molecule has 0 saturated carbocycles. The second-order valence-corrected chi connectivity index (χ2v) is 10.3. The lowest BCUT2D eigenvalue weighted by Crippen LogP contribution is -2.58. The van der Waals surface area contributed by atoms with Crippen molar-refractivity contribution in [3.8, 4) is 0 Å². The number of hydrogen-bond acceptors (Lipinski definition) is 6. The molecule has 2 aromatic carbocycles. The number of carbonyl (C=O) groups excluding carboxylic acids is 2. The normalized spacial score (nSPS) is 19.3. The van der Waals surface area contributed by atoms with Crippen molar-refractivity contribution >= 4 is 12.1 Å². The standard InChI is InChI=1S/C28H38N2O5/c1-27(2,3)35-26(33)30-17-11-16-28(21-30,25(32)34-4)24(31)20-29(18-22-12-7-5-8-13-22)19-23-14-9-6-10-15-23/h5-10,12-15,24,31H,11,16-21H2,1-4H3. The van der Waals surface area contributed by atoms with Gasteiger partial charge < -0.3 is 19.5 Å². The number of rotatable bonds is 8. The Morgan fingerprint density at radius 2 is 1.57 bits per heavy atom. The molecule has 7 nitrogen and oxygen atoms in total. The molecule has 1 fully saturated rings. The average molecular weight is 483 g/mol. The van der Waals surface area contributed by atoms with Gasteiger partial charge in [-0.1, -0.05) is 60.7 Å². The molecule has 35 heavy (non-hydrogen) atoms. The predicted molar refractivity (Wildman–Crippen MR) is 134 cm³/mol. The van der Waals surface area contributed by atoms with Gasteiger partial charge in [-0.05, 0) is 44.7 Å². The summed E-state index contributed by atoms with van der Waals surface area (Å²) in [5.74, 6) is -0.502. The van der Waals surface area contributed by atoms with E-state index in [-0.39, 0.29) is 13.1 Å². The second kappa shape index (κ2) is 11.7. The lowest BCUT2D eigenvalue weighted by atomic mass is 9.74. The van der Waals surface area contributed by atoms with Crippen LogP contribution >= 0.6 is 0 Å². The summed E-state index contributed by atoms with van der Waals surface area (Å²) in [6.07, 6.45) is -0.510. The van der Waals surface area contributed by atoms with E-state index >= 15 is 0 Å². The smallest absolute Gasteiger partial charge is 0.410 e. The Morgan fingerprint density at radius 1 is 1.03 bits per heavy atom. The molecule has 3 rings (SSSR count). The van der Waals surface area contributed by atoms with Crippen LogP contribution in [-0.2, 0) is 27.4 Å². The second-order valence-electron chi connectivity index (χ2n) is 10.3. The predicted octanol–water partition coefficient (Wildman–Crippen LogP) is 4.24. The van der Waals surface area contributed by atoms with Crippen molar-refractivity contribution in [2.24, 2.45) is 5.41 Å². The van der Waals surface area contributed by atoms with E-state index in [0.717, 1.165) is 11.1 Å². The van der Waals surface area contributed by atoms with Crippen molar-refractivity contribution in [1.82, 2.24) is 9.80 Å².